The average Bonchev–Trinajstić information content (AvgIpc) is 2.95. The number of aryl methyl sites for hydroxylation is 3. The lowest BCUT2D eigenvalue weighted by molar-refractivity contribution is 0.465. The molecule has 0 saturated heterocycles. The normalized spacial score (nSPS) is 12.3. The molecule has 2 aromatic rings. The SMILES string of the molecule is CCn1cc(CN(C)S(=O)(=O)c2c(C)nn(C)c2C)cn1. The first-order valence-corrected chi connectivity index (χ1v) is 8.19. The van der Waals surface area contributed by atoms with E-state index >= 15 is 0 Å². The summed E-state index contributed by atoms with van der Waals surface area (Å²) >= 11 is 0. The summed E-state index contributed by atoms with van der Waals surface area (Å²) in [7, 11) is -0.246. The van der Waals surface area contributed by atoms with Crippen LogP contribution in [0.1, 0.15) is 23.9 Å². The van der Waals surface area contributed by atoms with Crippen molar-refractivity contribution in [3.63, 3.8) is 0 Å². The van der Waals surface area contributed by atoms with Gasteiger partial charge in [0.15, 0.2) is 0 Å². The molecule has 2 aromatic heterocycles. The zero-order valence-electron chi connectivity index (χ0n) is 13.0. The molecule has 0 unspecified atom stereocenters. The third-order valence-corrected chi connectivity index (χ3v) is 5.58. The fourth-order valence-corrected chi connectivity index (χ4v) is 3.84. The molecule has 0 aliphatic carbocycles. The van der Waals surface area contributed by atoms with Crippen LogP contribution in [0.25, 0.3) is 0 Å². The van der Waals surface area contributed by atoms with E-state index in [4.69, 9.17) is 0 Å². The van der Waals surface area contributed by atoms with E-state index in [1.54, 1.807) is 43.5 Å². The van der Waals surface area contributed by atoms with Gasteiger partial charge in [0.2, 0.25) is 10.0 Å². The largest absolute Gasteiger partial charge is 0.273 e. The number of hydrogen-bond acceptors (Lipinski definition) is 4. The number of sulfonamides is 1. The van der Waals surface area contributed by atoms with Gasteiger partial charge in [-0.1, -0.05) is 0 Å². The quantitative estimate of drug-likeness (QED) is 0.828. The molecule has 0 fully saturated rings. The first-order chi connectivity index (χ1) is 9.77. The number of nitrogens with zero attached hydrogens (tertiary/aromatic N) is 5. The van der Waals surface area contributed by atoms with Crippen molar-refractivity contribution in [3.05, 3.63) is 29.3 Å². The van der Waals surface area contributed by atoms with E-state index in [9.17, 15) is 8.42 Å². The van der Waals surface area contributed by atoms with Gasteiger partial charge in [0, 0.05) is 38.9 Å². The molecule has 0 aromatic carbocycles. The predicted octanol–water partition coefficient (Wildman–Crippen LogP) is 1.07. The van der Waals surface area contributed by atoms with Crippen LogP contribution in [0.5, 0.6) is 0 Å². The lowest BCUT2D eigenvalue weighted by Gasteiger charge is -2.16. The average molecular weight is 311 g/mol. The summed E-state index contributed by atoms with van der Waals surface area (Å²) in [5.74, 6) is 0. The molecule has 0 aliphatic rings. The second kappa shape index (κ2) is 5.61. The van der Waals surface area contributed by atoms with E-state index in [-0.39, 0.29) is 11.4 Å². The van der Waals surface area contributed by atoms with Crippen LogP contribution in [0.4, 0.5) is 0 Å². The summed E-state index contributed by atoms with van der Waals surface area (Å²) < 4.78 is 30.1. The van der Waals surface area contributed by atoms with Crippen molar-refractivity contribution >= 4 is 10.0 Å². The van der Waals surface area contributed by atoms with Gasteiger partial charge in [-0.2, -0.15) is 14.5 Å². The van der Waals surface area contributed by atoms with Crippen molar-refractivity contribution in [2.24, 2.45) is 7.05 Å². The molecular weight excluding hydrogens is 290 g/mol. The first-order valence-electron chi connectivity index (χ1n) is 6.75. The Hall–Kier alpha value is -1.67. The molecule has 8 heteroatoms. The molecule has 0 aliphatic heterocycles. The second-order valence-electron chi connectivity index (χ2n) is 5.09. The maximum Gasteiger partial charge on any atom is 0.246 e. The Bertz CT molecular complexity index is 745. The molecule has 0 spiro atoms. The van der Waals surface area contributed by atoms with Gasteiger partial charge < -0.3 is 0 Å². The van der Waals surface area contributed by atoms with E-state index in [0.29, 0.717) is 11.4 Å². The molecule has 0 atom stereocenters. The predicted molar refractivity (Wildman–Crippen MR) is 79.2 cm³/mol. The van der Waals surface area contributed by atoms with E-state index < -0.39 is 10.0 Å². The van der Waals surface area contributed by atoms with Crippen LogP contribution in [0.3, 0.4) is 0 Å². The highest BCUT2D eigenvalue weighted by Gasteiger charge is 2.28. The summed E-state index contributed by atoms with van der Waals surface area (Å²) in [6.45, 7) is 6.51. The Labute approximate surface area is 125 Å². The van der Waals surface area contributed by atoms with Gasteiger partial charge in [0.05, 0.1) is 17.6 Å². The Morgan fingerprint density at radius 3 is 2.48 bits per heavy atom. The van der Waals surface area contributed by atoms with Crippen molar-refractivity contribution in [2.45, 2.75) is 38.8 Å². The third kappa shape index (κ3) is 2.86. The van der Waals surface area contributed by atoms with Crippen LogP contribution in [0, 0.1) is 13.8 Å². The minimum atomic E-state index is -3.56. The molecule has 0 N–H and O–H groups in total. The molecule has 2 heterocycles. The van der Waals surface area contributed by atoms with Gasteiger partial charge in [-0.3, -0.25) is 9.36 Å². The first kappa shape index (κ1) is 15.7. The van der Waals surface area contributed by atoms with Crippen LogP contribution in [-0.2, 0) is 30.2 Å². The highest BCUT2D eigenvalue weighted by Crippen LogP contribution is 2.23. The number of hydrogen-bond donors (Lipinski definition) is 0. The lowest BCUT2D eigenvalue weighted by atomic mass is 10.4. The van der Waals surface area contributed by atoms with E-state index in [1.807, 2.05) is 13.1 Å². The van der Waals surface area contributed by atoms with Crippen LogP contribution in [0.15, 0.2) is 17.3 Å². The van der Waals surface area contributed by atoms with Crippen LogP contribution in [-0.4, -0.2) is 39.3 Å². The minimum absolute atomic E-state index is 0.287. The van der Waals surface area contributed by atoms with Crippen LogP contribution >= 0.6 is 0 Å². The van der Waals surface area contributed by atoms with Crippen molar-refractivity contribution in [3.8, 4) is 0 Å². The van der Waals surface area contributed by atoms with Crippen LogP contribution < -0.4 is 0 Å². The highest BCUT2D eigenvalue weighted by molar-refractivity contribution is 7.89. The van der Waals surface area contributed by atoms with E-state index in [2.05, 4.69) is 10.2 Å². The van der Waals surface area contributed by atoms with Gasteiger partial charge >= 0.3 is 0 Å². The molecule has 0 saturated carbocycles. The van der Waals surface area contributed by atoms with Crippen molar-refractivity contribution in [1.29, 1.82) is 0 Å². The Morgan fingerprint density at radius 2 is 2.00 bits per heavy atom. The summed E-state index contributed by atoms with van der Waals surface area (Å²) in [5.41, 5.74) is 2.02. The molecule has 2 rings (SSSR count). The summed E-state index contributed by atoms with van der Waals surface area (Å²) in [5, 5.41) is 8.34. The Morgan fingerprint density at radius 1 is 1.33 bits per heavy atom. The van der Waals surface area contributed by atoms with Gasteiger partial charge in [-0.05, 0) is 20.8 Å². The Balaban J connectivity index is 2.30. The molecule has 116 valence electrons. The third-order valence-electron chi connectivity index (χ3n) is 3.53. The molecular formula is C13H21N5O2S. The standard InChI is InChI=1S/C13H21N5O2S/c1-6-18-9-12(7-14-18)8-16(4)21(19,20)13-10(2)15-17(5)11(13)3/h7,9H,6,8H2,1-5H3. The van der Waals surface area contributed by atoms with Crippen molar-refractivity contribution in [1.82, 2.24) is 23.9 Å². The van der Waals surface area contributed by atoms with Gasteiger partial charge in [-0.25, -0.2) is 8.42 Å². The van der Waals surface area contributed by atoms with Gasteiger partial charge in [-0.15, -0.1) is 0 Å². The molecule has 21 heavy (non-hydrogen) atoms. The maximum atomic E-state index is 12.7. The molecule has 0 radical (unpaired) electrons. The van der Waals surface area contributed by atoms with E-state index in [1.165, 1.54) is 4.31 Å². The fraction of sp³-hybridized carbons (Fsp3) is 0.538. The zero-order valence-corrected chi connectivity index (χ0v) is 13.8. The lowest BCUT2D eigenvalue weighted by Crippen LogP contribution is -2.27. The van der Waals surface area contributed by atoms with Crippen molar-refractivity contribution < 1.29 is 8.42 Å². The second-order valence-corrected chi connectivity index (χ2v) is 7.07. The van der Waals surface area contributed by atoms with Gasteiger partial charge in [0.1, 0.15) is 4.90 Å². The monoisotopic (exact) mass is 311 g/mol. The van der Waals surface area contributed by atoms with E-state index in [0.717, 1.165) is 12.1 Å². The summed E-state index contributed by atoms with van der Waals surface area (Å²) in [6.07, 6.45) is 3.55. The maximum absolute atomic E-state index is 12.7. The zero-order chi connectivity index (χ0) is 15.8. The molecule has 7 nitrogen and oxygen atoms in total. The highest BCUT2D eigenvalue weighted by atomic mass is 32.2. The van der Waals surface area contributed by atoms with Gasteiger partial charge in [0.25, 0.3) is 0 Å². The summed E-state index contributed by atoms with van der Waals surface area (Å²) in [4.78, 5) is 0.287. The fourth-order valence-electron chi connectivity index (χ4n) is 2.29. The number of aromatic nitrogens is 4. The Kier molecular flexibility index (Phi) is 4.20. The van der Waals surface area contributed by atoms with Crippen LogP contribution in [0.2, 0.25) is 0 Å². The molecule has 0 bridgehead atoms. The van der Waals surface area contributed by atoms with Crippen molar-refractivity contribution in [2.75, 3.05) is 7.05 Å². The summed E-state index contributed by atoms with van der Waals surface area (Å²) in [6, 6.07) is 0. The molecule has 0 amide bonds. The minimum Gasteiger partial charge on any atom is -0.273 e. The topological polar surface area (TPSA) is 73.0 Å². The number of rotatable bonds is 5. The smallest absolute Gasteiger partial charge is 0.246 e.